The molecule has 1 amide bonds. The van der Waals surface area contributed by atoms with Crippen molar-refractivity contribution >= 4 is 24.1 Å². The van der Waals surface area contributed by atoms with Gasteiger partial charge in [-0.1, -0.05) is 70.4 Å². The van der Waals surface area contributed by atoms with E-state index in [4.69, 9.17) is 9.05 Å². The van der Waals surface area contributed by atoms with Gasteiger partial charge in [-0.15, -0.1) is 0 Å². The van der Waals surface area contributed by atoms with Gasteiger partial charge in [-0.2, -0.15) is 0 Å². The highest BCUT2D eigenvalue weighted by molar-refractivity contribution is 8.55. The Balaban J connectivity index is 3.46. The molecule has 0 saturated carbocycles. The zero-order chi connectivity index (χ0) is 23.0. The zero-order valence-electron chi connectivity index (χ0n) is 20.4. The molecule has 0 atom stereocenters. The molecule has 31 heavy (non-hydrogen) atoms. The number of allylic oxidation sites excluding steroid dienone is 2. The van der Waals surface area contributed by atoms with E-state index in [1.54, 1.807) is 13.8 Å². The molecule has 0 fully saturated rings. The van der Waals surface area contributed by atoms with E-state index >= 15 is 0 Å². The molecule has 0 aromatic carbocycles. The topological polar surface area (TPSA) is 64.6 Å². The third-order valence-electron chi connectivity index (χ3n) is 4.91. The van der Waals surface area contributed by atoms with Crippen LogP contribution < -0.4 is 5.32 Å². The van der Waals surface area contributed by atoms with Gasteiger partial charge in [0.2, 0.25) is 5.91 Å². The number of unbranched alkanes of at least 4 members (excludes halogenated alkanes) is 11. The minimum atomic E-state index is -3.07. The summed E-state index contributed by atoms with van der Waals surface area (Å²) < 4.78 is 22.7. The Morgan fingerprint density at radius 3 is 1.87 bits per heavy atom. The van der Waals surface area contributed by atoms with Crippen LogP contribution in [0.25, 0.3) is 0 Å². The molecule has 184 valence electrons. The van der Waals surface area contributed by atoms with E-state index in [1.165, 1.54) is 70.6 Å². The van der Waals surface area contributed by atoms with E-state index in [9.17, 15) is 9.36 Å². The van der Waals surface area contributed by atoms with E-state index in [0.717, 1.165) is 24.2 Å². The van der Waals surface area contributed by atoms with Crippen LogP contribution in [0.3, 0.4) is 0 Å². The van der Waals surface area contributed by atoms with Gasteiger partial charge in [0.05, 0.1) is 13.2 Å². The fourth-order valence-corrected chi connectivity index (χ4v) is 6.52. The number of nitrogens with one attached hydrogen (secondary N) is 1. The standard InChI is InChI=1S/C24H48NO4PS/c1-4-7-8-9-10-11-12-13-14-15-16-17-18-19-20-21-24(26)25-22-23-31-30(27,28-5-2)29-6-3/h13-14H,4-12,15-23H2,1-3H3,(H,25,26)/b14-13-. The summed E-state index contributed by atoms with van der Waals surface area (Å²) in [6.45, 7) is 3.97. The summed E-state index contributed by atoms with van der Waals surface area (Å²) in [5.74, 6) is 0.593. The van der Waals surface area contributed by atoms with Crippen molar-refractivity contribution in [2.75, 3.05) is 25.5 Å². The molecule has 0 bridgehead atoms. The Morgan fingerprint density at radius 2 is 1.32 bits per heavy atom. The maximum absolute atomic E-state index is 12.3. The quantitative estimate of drug-likeness (QED) is 0.0916. The van der Waals surface area contributed by atoms with Gasteiger partial charge in [-0.05, 0) is 57.3 Å². The highest BCUT2D eigenvalue weighted by atomic mass is 32.7. The van der Waals surface area contributed by atoms with Crippen LogP contribution in [-0.4, -0.2) is 31.4 Å². The molecule has 7 heteroatoms. The van der Waals surface area contributed by atoms with Gasteiger partial charge in [0.15, 0.2) is 0 Å². The highest BCUT2D eigenvalue weighted by Gasteiger charge is 2.23. The lowest BCUT2D eigenvalue weighted by molar-refractivity contribution is -0.121. The molecular formula is C24H48NO4PS. The van der Waals surface area contributed by atoms with E-state index in [2.05, 4.69) is 24.4 Å². The minimum Gasteiger partial charge on any atom is -0.355 e. The van der Waals surface area contributed by atoms with Crippen molar-refractivity contribution < 1.29 is 18.4 Å². The molecule has 5 nitrogen and oxygen atoms in total. The average molecular weight is 478 g/mol. The second-order valence-corrected chi connectivity index (χ2v) is 12.0. The first-order valence-corrected chi connectivity index (χ1v) is 15.7. The summed E-state index contributed by atoms with van der Waals surface area (Å²) in [6, 6.07) is 0. The Labute approximate surface area is 196 Å². The predicted molar refractivity (Wildman–Crippen MR) is 136 cm³/mol. The molecule has 0 aliphatic rings. The van der Waals surface area contributed by atoms with Gasteiger partial charge >= 0.3 is 6.80 Å². The molecule has 0 spiro atoms. The summed E-state index contributed by atoms with van der Waals surface area (Å²) in [6.07, 6.45) is 21.6. The lowest BCUT2D eigenvalue weighted by atomic mass is 10.1. The highest BCUT2D eigenvalue weighted by Crippen LogP contribution is 2.60. The Bertz CT molecular complexity index is 478. The summed E-state index contributed by atoms with van der Waals surface area (Å²) >= 11 is 1.16. The molecule has 0 radical (unpaired) electrons. The maximum atomic E-state index is 12.3. The van der Waals surface area contributed by atoms with E-state index in [0.29, 0.717) is 31.9 Å². The van der Waals surface area contributed by atoms with Crippen molar-refractivity contribution in [2.45, 2.75) is 111 Å². The van der Waals surface area contributed by atoms with Crippen LogP contribution >= 0.6 is 18.2 Å². The molecule has 0 aromatic rings. The normalized spacial score (nSPS) is 12.0. The van der Waals surface area contributed by atoms with Gasteiger partial charge in [0.1, 0.15) is 0 Å². The van der Waals surface area contributed by atoms with Crippen LogP contribution in [-0.2, 0) is 18.4 Å². The van der Waals surface area contributed by atoms with Crippen molar-refractivity contribution in [2.24, 2.45) is 0 Å². The van der Waals surface area contributed by atoms with Crippen LogP contribution in [0.2, 0.25) is 0 Å². The van der Waals surface area contributed by atoms with Gasteiger partial charge in [0.25, 0.3) is 0 Å². The minimum absolute atomic E-state index is 0.0703. The Hall–Kier alpha value is -0.290. The zero-order valence-corrected chi connectivity index (χ0v) is 22.1. The summed E-state index contributed by atoms with van der Waals surface area (Å²) in [5, 5.41) is 2.89. The van der Waals surface area contributed by atoms with Crippen LogP contribution in [0.15, 0.2) is 12.2 Å². The number of rotatable bonds is 23. The number of hydrogen-bond donors (Lipinski definition) is 1. The first-order valence-electron chi connectivity index (χ1n) is 12.5. The van der Waals surface area contributed by atoms with Crippen molar-refractivity contribution in [1.82, 2.24) is 5.32 Å². The van der Waals surface area contributed by atoms with Crippen LogP contribution in [0.1, 0.15) is 111 Å². The molecule has 0 aliphatic carbocycles. The molecule has 1 N–H and O–H groups in total. The lowest BCUT2D eigenvalue weighted by Crippen LogP contribution is -2.25. The Kier molecular flexibility index (Phi) is 22.7. The van der Waals surface area contributed by atoms with Crippen molar-refractivity contribution in [3.63, 3.8) is 0 Å². The molecule has 0 aromatic heterocycles. The largest absolute Gasteiger partial charge is 0.389 e. The smallest absolute Gasteiger partial charge is 0.355 e. The van der Waals surface area contributed by atoms with Crippen molar-refractivity contribution in [3.8, 4) is 0 Å². The second-order valence-electron chi connectivity index (χ2n) is 7.80. The number of hydrogen-bond acceptors (Lipinski definition) is 5. The van der Waals surface area contributed by atoms with Gasteiger partial charge < -0.3 is 14.4 Å². The van der Waals surface area contributed by atoms with E-state index in [1.807, 2.05) is 0 Å². The first-order chi connectivity index (χ1) is 15.1. The van der Waals surface area contributed by atoms with Gasteiger partial charge in [-0.25, -0.2) is 4.57 Å². The Morgan fingerprint density at radius 1 is 0.806 bits per heavy atom. The van der Waals surface area contributed by atoms with E-state index < -0.39 is 6.80 Å². The SMILES string of the molecule is CCCCCCCC/C=C\CCCCCCCC(=O)NCCSP(=O)(OCC)OCC. The maximum Gasteiger partial charge on any atom is 0.389 e. The molecule has 0 unspecified atom stereocenters. The van der Waals surface area contributed by atoms with Crippen molar-refractivity contribution in [3.05, 3.63) is 12.2 Å². The lowest BCUT2D eigenvalue weighted by Gasteiger charge is -2.15. The molecular weight excluding hydrogens is 429 g/mol. The fourth-order valence-electron chi connectivity index (χ4n) is 3.22. The summed E-state index contributed by atoms with van der Waals surface area (Å²) in [5.41, 5.74) is 0. The van der Waals surface area contributed by atoms with E-state index in [-0.39, 0.29) is 5.91 Å². The van der Waals surface area contributed by atoms with Crippen molar-refractivity contribution in [1.29, 1.82) is 0 Å². The summed E-state index contributed by atoms with van der Waals surface area (Å²) in [7, 11) is 0. The van der Waals surface area contributed by atoms with Gasteiger partial charge in [-0.3, -0.25) is 4.79 Å². The van der Waals surface area contributed by atoms with Crippen LogP contribution in [0.5, 0.6) is 0 Å². The number of carbonyl (C=O) groups is 1. The average Bonchev–Trinajstić information content (AvgIpc) is 2.74. The monoisotopic (exact) mass is 477 g/mol. The first kappa shape index (κ1) is 30.7. The molecule has 0 heterocycles. The summed E-state index contributed by atoms with van der Waals surface area (Å²) in [4.78, 5) is 11.9. The molecule has 0 rings (SSSR count). The predicted octanol–water partition coefficient (Wildman–Crippen LogP) is 8.05. The molecule has 0 saturated heterocycles. The van der Waals surface area contributed by atoms with Gasteiger partial charge in [0, 0.05) is 18.7 Å². The fraction of sp³-hybridized carbons (Fsp3) is 0.875. The van der Waals surface area contributed by atoms with Crippen LogP contribution in [0, 0.1) is 0 Å². The van der Waals surface area contributed by atoms with Crippen LogP contribution in [0.4, 0.5) is 0 Å². The number of amides is 1. The molecule has 0 aliphatic heterocycles. The third-order valence-corrected chi connectivity index (χ3v) is 8.89. The second kappa shape index (κ2) is 22.9. The third kappa shape index (κ3) is 21.3. The number of carbonyl (C=O) groups excluding carboxylic acids is 1.